The molecule has 3 aromatic rings. The Hall–Kier alpha value is -3.74. The molecule has 5 heterocycles. The first-order chi connectivity index (χ1) is 18.8. The number of hydrogen-bond donors (Lipinski definition) is 1. The van der Waals surface area contributed by atoms with Crippen LogP contribution in [0.15, 0.2) is 46.5 Å². The average Bonchev–Trinajstić information content (AvgIpc) is 2.87. The average molecular weight is 548 g/mol. The van der Waals surface area contributed by atoms with E-state index in [1.165, 1.54) is 12.3 Å². The van der Waals surface area contributed by atoms with E-state index in [0.717, 1.165) is 4.57 Å². The third-order valence-electron chi connectivity index (χ3n) is 5.57. The van der Waals surface area contributed by atoms with Crippen LogP contribution < -0.4 is 15.0 Å². The predicted octanol–water partition coefficient (Wildman–Crippen LogP) is 2.89. The molecule has 0 saturated carbocycles. The van der Waals surface area contributed by atoms with Crippen LogP contribution in [-0.2, 0) is 16.9 Å². The Bertz CT molecular complexity index is 1610. The largest absolute Gasteiger partial charge is 0.485 e. The third kappa shape index (κ3) is 5.15. The molecule has 2 aliphatic rings. The van der Waals surface area contributed by atoms with Crippen molar-refractivity contribution in [2.24, 2.45) is 4.99 Å². The fraction of sp³-hybridized carbons (Fsp3) is 0.320. The van der Waals surface area contributed by atoms with Gasteiger partial charge in [-0.2, -0.15) is 0 Å². The standard InChI is InChI=1S/C25H22ClF2N5O5/c1-25(2,35)24-29-4-3-15(32-24)16-8-18-20(11-31-16)36-5-6-37-21-9-19(22(26)23(34)33(18)21)38-12-17-14(28)7-13(27)10-30-17/h3-4,7-10,20,35H,5-6,11-12H2,1-2H3/t20-/m0/s1/i12D2. The van der Waals surface area contributed by atoms with Gasteiger partial charge >= 0.3 is 0 Å². The van der Waals surface area contributed by atoms with Gasteiger partial charge in [-0.1, -0.05) is 11.6 Å². The Morgan fingerprint density at radius 2 is 2.13 bits per heavy atom. The Morgan fingerprint density at radius 3 is 2.89 bits per heavy atom. The lowest BCUT2D eigenvalue weighted by molar-refractivity contribution is 0.0565. The summed E-state index contributed by atoms with van der Waals surface area (Å²) in [6.07, 6.45) is 3.02. The zero-order valence-electron chi connectivity index (χ0n) is 22.1. The van der Waals surface area contributed by atoms with E-state index >= 15 is 0 Å². The van der Waals surface area contributed by atoms with Crippen LogP contribution in [0.4, 0.5) is 8.78 Å². The van der Waals surface area contributed by atoms with E-state index in [9.17, 15) is 18.7 Å². The molecule has 1 atom stereocenters. The molecule has 0 aliphatic carbocycles. The monoisotopic (exact) mass is 547 g/mol. The van der Waals surface area contributed by atoms with Crippen LogP contribution in [0.1, 0.15) is 33.8 Å². The maximum atomic E-state index is 14.3. The van der Waals surface area contributed by atoms with Crippen LogP contribution >= 0.6 is 11.6 Å². The number of fused-ring (bicyclic) bond motifs is 3. The minimum atomic E-state index is -2.92. The maximum Gasteiger partial charge on any atom is 0.280 e. The number of aromatic nitrogens is 4. The highest BCUT2D eigenvalue weighted by Crippen LogP contribution is 2.32. The molecule has 38 heavy (non-hydrogen) atoms. The Labute approximate surface area is 223 Å². The van der Waals surface area contributed by atoms with E-state index < -0.39 is 51.9 Å². The lowest BCUT2D eigenvalue weighted by Crippen LogP contribution is -2.36. The molecule has 0 amide bonds. The molecule has 1 N–H and O–H groups in total. The van der Waals surface area contributed by atoms with E-state index in [-0.39, 0.29) is 31.5 Å². The molecule has 2 aliphatic heterocycles. The second kappa shape index (κ2) is 10.2. The molecule has 13 heteroatoms. The second-order valence-corrected chi connectivity index (χ2v) is 9.19. The summed E-state index contributed by atoms with van der Waals surface area (Å²) in [5.74, 6) is -2.59. The number of halogens is 3. The first-order valence-electron chi connectivity index (χ1n) is 12.4. The van der Waals surface area contributed by atoms with Crippen molar-refractivity contribution in [3.05, 3.63) is 80.9 Å². The van der Waals surface area contributed by atoms with Gasteiger partial charge in [-0.25, -0.2) is 23.3 Å². The van der Waals surface area contributed by atoms with Gasteiger partial charge in [0.2, 0.25) is 5.88 Å². The molecule has 0 unspecified atom stereocenters. The smallest absolute Gasteiger partial charge is 0.280 e. The number of aliphatic hydroxyl groups is 1. The zero-order valence-corrected chi connectivity index (χ0v) is 20.9. The Balaban J connectivity index is 1.57. The molecule has 0 bridgehead atoms. The highest BCUT2D eigenvalue weighted by Gasteiger charge is 2.30. The summed E-state index contributed by atoms with van der Waals surface area (Å²) in [6, 6.07) is 3.25. The highest BCUT2D eigenvalue weighted by molar-refractivity contribution is 6.32. The summed E-state index contributed by atoms with van der Waals surface area (Å²) in [5.41, 5.74) is -1.88. The summed E-state index contributed by atoms with van der Waals surface area (Å²) in [6.45, 7) is 0.468. The number of dihydropyridines is 1. The Morgan fingerprint density at radius 1 is 1.32 bits per heavy atom. The van der Waals surface area contributed by atoms with Crippen LogP contribution in [0.5, 0.6) is 11.6 Å². The molecule has 0 aromatic carbocycles. The predicted molar refractivity (Wildman–Crippen MR) is 132 cm³/mol. The van der Waals surface area contributed by atoms with E-state index in [1.54, 1.807) is 26.0 Å². The number of allylic oxidation sites excluding steroid dienone is 1. The minimum absolute atomic E-state index is 0.0305. The summed E-state index contributed by atoms with van der Waals surface area (Å²) in [5, 5.41) is 9.78. The number of aliphatic imine (C=N–C) groups is 1. The van der Waals surface area contributed by atoms with Gasteiger partial charge in [0, 0.05) is 18.3 Å². The summed E-state index contributed by atoms with van der Waals surface area (Å²) < 4.78 is 61.9. The Kier molecular flexibility index (Phi) is 6.27. The molecular weight excluding hydrogens is 524 g/mol. The number of rotatable bonds is 5. The number of ether oxygens (including phenoxy) is 3. The molecule has 0 spiro atoms. The number of hydrogen-bond acceptors (Lipinski definition) is 9. The highest BCUT2D eigenvalue weighted by atomic mass is 35.5. The molecule has 0 radical (unpaired) electrons. The van der Waals surface area contributed by atoms with Crippen LogP contribution in [-0.4, -0.2) is 56.2 Å². The van der Waals surface area contributed by atoms with E-state index in [1.807, 2.05) is 0 Å². The lowest BCUT2D eigenvalue weighted by Gasteiger charge is -2.29. The van der Waals surface area contributed by atoms with Crippen molar-refractivity contribution in [1.82, 2.24) is 19.5 Å². The third-order valence-corrected chi connectivity index (χ3v) is 5.91. The second-order valence-electron chi connectivity index (χ2n) is 8.82. The van der Waals surface area contributed by atoms with Crippen LogP contribution in [0, 0.1) is 11.6 Å². The molecule has 0 fully saturated rings. The molecule has 10 nitrogen and oxygen atoms in total. The summed E-state index contributed by atoms with van der Waals surface area (Å²) in [4.78, 5) is 30.0. The normalized spacial score (nSPS) is 18.4. The number of nitrogens with zero attached hydrogens (tertiary/aromatic N) is 5. The molecule has 198 valence electrons. The first-order valence-corrected chi connectivity index (χ1v) is 11.8. The van der Waals surface area contributed by atoms with Crippen molar-refractivity contribution in [2.45, 2.75) is 32.1 Å². The van der Waals surface area contributed by atoms with Gasteiger partial charge in [0.05, 0.1) is 39.2 Å². The van der Waals surface area contributed by atoms with Crippen LogP contribution in [0.2, 0.25) is 5.02 Å². The first kappa shape index (κ1) is 23.4. The van der Waals surface area contributed by atoms with Crippen LogP contribution in [0.3, 0.4) is 0 Å². The zero-order chi connectivity index (χ0) is 28.8. The van der Waals surface area contributed by atoms with Crippen molar-refractivity contribution in [1.29, 1.82) is 0 Å². The van der Waals surface area contributed by atoms with Gasteiger partial charge in [0.25, 0.3) is 5.56 Å². The van der Waals surface area contributed by atoms with Gasteiger partial charge in [0.1, 0.15) is 47.2 Å². The van der Waals surface area contributed by atoms with E-state index in [0.29, 0.717) is 29.4 Å². The topological polar surface area (TPSA) is 121 Å². The van der Waals surface area contributed by atoms with Crippen molar-refractivity contribution < 1.29 is 30.8 Å². The number of pyridine rings is 2. The fourth-order valence-corrected chi connectivity index (χ4v) is 3.93. The summed E-state index contributed by atoms with van der Waals surface area (Å²) >= 11 is 6.34. The van der Waals surface area contributed by atoms with Gasteiger partial charge < -0.3 is 19.3 Å². The fourth-order valence-electron chi connectivity index (χ4n) is 3.75. The van der Waals surface area contributed by atoms with Gasteiger partial charge in [-0.05, 0) is 26.0 Å². The van der Waals surface area contributed by atoms with Crippen molar-refractivity contribution in [3.63, 3.8) is 0 Å². The summed E-state index contributed by atoms with van der Waals surface area (Å²) in [7, 11) is 0. The van der Waals surface area contributed by atoms with Crippen LogP contribution in [0.25, 0.3) is 5.70 Å². The maximum absolute atomic E-state index is 14.3. The van der Waals surface area contributed by atoms with Crippen molar-refractivity contribution in [2.75, 3.05) is 19.8 Å². The molecule has 3 aromatic heterocycles. The van der Waals surface area contributed by atoms with E-state index in [4.69, 9.17) is 28.6 Å². The minimum Gasteiger partial charge on any atom is -0.485 e. The molecule has 5 rings (SSSR count). The van der Waals surface area contributed by atoms with Gasteiger partial charge in [-0.15, -0.1) is 0 Å². The van der Waals surface area contributed by atoms with Crippen molar-refractivity contribution >= 4 is 23.0 Å². The van der Waals surface area contributed by atoms with Gasteiger partial charge in [0.15, 0.2) is 11.6 Å². The molecular formula is C25H22ClF2N5O5. The quantitative estimate of drug-likeness (QED) is 0.517. The molecule has 0 saturated heterocycles. The van der Waals surface area contributed by atoms with Gasteiger partial charge in [-0.3, -0.25) is 14.8 Å². The lowest BCUT2D eigenvalue weighted by atomic mass is 10.1. The SMILES string of the molecule is [2H]C([2H])(Oc1cc2n(c(=O)c1Cl)C1=CC(c3ccnc(C(C)(C)O)n3)=NC[C@@H]1OCCO2)c1ncc(F)cc1F. The van der Waals surface area contributed by atoms with Crippen molar-refractivity contribution in [3.8, 4) is 11.6 Å². The van der Waals surface area contributed by atoms with E-state index in [2.05, 4.69) is 19.9 Å².